The zero-order chi connectivity index (χ0) is 20.3. The Kier molecular flexibility index (Phi) is 5.60. The second-order valence-electron chi connectivity index (χ2n) is 5.92. The first-order valence-corrected chi connectivity index (χ1v) is 8.72. The third-order valence-corrected chi connectivity index (χ3v) is 4.27. The maximum atomic E-state index is 12.6. The lowest BCUT2D eigenvalue weighted by Gasteiger charge is -2.10. The summed E-state index contributed by atoms with van der Waals surface area (Å²) < 4.78 is 8.04. The molecule has 3 rings (SSSR count). The van der Waals surface area contributed by atoms with Gasteiger partial charge in [0.2, 0.25) is 0 Å². The molecule has 0 bridgehead atoms. The summed E-state index contributed by atoms with van der Waals surface area (Å²) in [6.45, 7) is 6.85. The molecule has 0 aliphatic carbocycles. The normalized spacial score (nSPS) is 10.8. The fraction of sp³-hybridized carbons (Fsp3) is 0.158. The maximum Gasteiger partial charge on any atom is 0.337 e. The van der Waals surface area contributed by atoms with Gasteiger partial charge < -0.3 is 4.52 Å². The molecule has 0 radical (unpaired) electrons. The van der Waals surface area contributed by atoms with Crippen molar-refractivity contribution in [1.29, 1.82) is 0 Å². The molecule has 0 amide bonds. The van der Waals surface area contributed by atoms with E-state index < -0.39 is 17.1 Å². The lowest BCUT2D eigenvalue weighted by Crippen LogP contribution is -2.54. The molecule has 0 atom stereocenters. The van der Waals surface area contributed by atoms with Crippen molar-refractivity contribution < 1.29 is 4.52 Å². The van der Waals surface area contributed by atoms with Gasteiger partial charge in [-0.3, -0.25) is 0 Å². The number of benzene rings is 1. The molecule has 0 aliphatic rings. The van der Waals surface area contributed by atoms with Gasteiger partial charge in [0.05, 0.1) is 19.6 Å². The highest BCUT2D eigenvalue weighted by Crippen LogP contribution is 2.21. The van der Waals surface area contributed by atoms with E-state index in [-0.39, 0.29) is 25.4 Å². The van der Waals surface area contributed by atoms with Crippen molar-refractivity contribution in [2.24, 2.45) is 0 Å². The Hall–Kier alpha value is -3.39. The highest BCUT2D eigenvalue weighted by Gasteiger charge is 2.16. The van der Waals surface area contributed by atoms with Crippen LogP contribution in [0.1, 0.15) is 5.76 Å². The van der Waals surface area contributed by atoms with Gasteiger partial charge in [-0.25, -0.2) is 28.1 Å². The second kappa shape index (κ2) is 8.10. The summed E-state index contributed by atoms with van der Waals surface area (Å²) in [4.78, 5) is 37.7. The molecule has 0 saturated carbocycles. The molecule has 0 aliphatic heterocycles. The number of hydrogen-bond acceptors (Lipinski definition) is 5. The van der Waals surface area contributed by atoms with Gasteiger partial charge in [0.25, 0.3) is 0 Å². The van der Waals surface area contributed by atoms with E-state index in [2.05, 4.69) is 18.3 Å². The van der Waals surface area contributed by atoms with Crippen LogP contribution in [0.5, 0.6) is 0 Å². The van der Waals surface area contributed by atoms with Crippen LogP contribution in [0.2, 0.25) is 5.02 Å². The standard InChI is InChI=1S/C19H17ClN4O4/c1-3-9-22-17(25)23(10-4-2)19(27)24(18(22)26)12-15-11-16(21-28-15)13-5-7-14(20)8-6-13/h3-8,11H,1-2,9-10,12H2. The monoisotopic (exact) mass is 400 g/mol. The number of rotatable bonds is 7. The number of aromatic nitrogens is 4. The molecule has 8 nitrogen and oxygen atoms in total. The van der Waals surface area contributed by atoms with Crippen LogP contribution in [0.25, 0.3) is 11.3 Å². The Morgan fingerprint density at radius 2 is 1.46 bits per heavy atom. The van der Waals surface area contributed by atoms with Gasteiger partial charge in [0.15, 0.2) is 5.76 Å². The van der Waals surface area contributed by atoms with Crippen molar-refractivity contribution in [2.75, 3.05) is 0 Å². The van der Waals surface area contributed by atoms with Crippen LogP contribution in [0.3, 0.4) is 0 Å². The van der Waals surface area contributed by atoms with Crippen molar-refractivity contribution in [3.8, 4) is 11.3 Å². The number of allylic oxidation sites excluding steroid dienone is 2. The van der Waals surface area contributed by atoms with E-state index in [1.54, 1.807) is 30.3 Å². The van der Waals surface area contributed by atoms with Crippen LogP contribution < -0.4 is 17.1 Å². The summed E-state index contributed by atoms with van der Waals surface area (Å²) in [6, 6.07) is 8.61. The van der Waals surface area contributed by atoms with E-state index in [0.29, 0.717) is 10.7 Å². The fourth-order valence-corrected chi connectivity index (χ4v) is 2.81. The molecule has 28 heavy (non-hydrogen) atoms. The Bertz CT molecular complexity index is 1150. The van der Waals surface area contributed by atoms with Crippen LogP contribution in [0.4, 0.5) is 0 Å². The molecule has 2 heterocycles. The van der Waals surface area contributed by atoms with Crippen molar-refractivity contribution in [3.63, 3.8) is 0 Å². The van der Waals surface area contributed by atoms with E-state index in [1.807, 2.05) is 0 Å². The van der Waals surface area contributed by atoms with Crippen LogP contribution in [0.15, 0.2) is 74.5 Å². The smallest absolute Gasteiger partial charge is 0.337 e. The van der Waals surface area contributed by atoms with Crippen LogP contribution in [-0.4, -0.2) is 18.9 Å². The molecule has 0 saturated heterocycles. The molecular formula is C19H17ClN4O4. The van der Waals surface area contributed by atoms with E-state index in [9.17, 15) is 14.4 Å². The summed E-state index contributed by atoms with van der Waals surface area (Å²) in [5.74, 6) is 0.290. The average Bonchev–Trinajstić information content (AvgIpc) is 3.15. The Labute approximate surface area is 164 Å². The average molecular weight is 401 g/mol. The molecule has 144 valence electrons. The van der Waals surface area contributed by atoms with Crippen LogP contribution >= 0.6 is 11.6 Å². The lowest BCUT2D eigenvalue weighted by molar-refractivity contribution is 0.367. The van der Waals surface area contributed by atoms with Crippen LogP contribution in [0, 0.1) is 0 Å². The zero-order valence-corrected chi connectivity index (χ0v) is 15.6. The zero-order valence-electron chi connectivity index (χ0n) is 14.9. The van der Waals surface area contributed by atoms with Gasteiger partial charge in [0.1, 0.15) is 5.69 Å². The SMILES string of the molecule is C=CCn1c(=O)n(CC=C)c(=O)n(Cc2cc(-c3ccc(Cl)cc3)no2)c1=O. The molecule has 1 aromatic carbocycles. The predicted octanol–water partition coefficient (Wildman–Crippen LogP) is 1.90. The summed E-state index contributed by atoms with van der Waals surface area (Å²) >= 11 is 5.88. The Morgan fingerprint density at radius 3 is 2.00 bits per heavy atom. The van der Waals surface area contributed by atoms with E-state index in [1.165, 1.54) is 12.2 Å². The molecule has 3 aromatic rings. The number of halogens is 1. The van der Waals surface area contributed by atoms with Crippen molar-refractivity contribution in [2.45, 2.75) is 19.6 Å². The van der Waals surface area contributed by atoms with E-state index in [4.69, 9.17) is 16.1 Å². The van der Waals surface area contributed by atoms with Crippen molar-refractivity contribution in [3.05, 3.63) is 97.9 Å². The molecule has 0 N–H and O–H groups in total. The minimum absolute atomic E-state index is 0.0263. The highest BCUT2D eigenvalue weighted by molar-refractivity contribution is 6.30. The topological polar surface area (TPSA) is 92.0 Å². The van der Waals surface area contributed by atoms with Gasteiger partial charge in [-0.1, -0.05) is 41.0 Å². The summed E-state index contributed by atoms with van der Waals surface area (Å²) in [5, 5.41) is 4.55. The third kappa shape index (κ3) is 3.67. The minimum atomic E-state index is -0.750. The van der Waals surface area contributed by atoms with E-state index in [0.717, 1.165) is 19.3 Å². The quantitative estimate of drug-likeness (QED) is 0.565. The predicted molar refractivity (Wildman–Crippen MR) is 106 cm³/mol. The van der Waals surface area contributed by atoms with Gasteiger partial charge in [-0.15, -0.1) is 13.2 Å². The molecule has 0 spiro atoms. The second-order valence-corrected chi connectivity index (χ2v) is 6.35. The first-order valence-electron chi connectivity index (χ1n) is 8.34. The summed E-state index contributed by atoms with van der Waals surface area (Å²) in [6.07, 6.45) is 2.81. The lowest BCUT2D eigenvalue weighted by atomic mass is 10.1. The number of hydrogen-bond donors (Lipinski definition) is 0. The first kappa shape index (κ1) is 19.4. The summed E-state index contributed by atoms with van der Waals surface area (Å²) in [5.41, 5.74) is -0.914. The molecule has 2 aromatic heterocycles. The van der Waals surface area contributed by atoms with Crippen molar-refractivity contribution >= 4 is 11.6 Å². The Balaban J connectivity index is 2.05. The van der Waals surface area contributed by atoms with Gasteiger partial charge in [0, 0.05) is 16.7 Å². The molecule has 0 fully saturated rings. The van der Waals surface area contributed by atoms with E-state index >= 15 is 0 Å². The molecule has 0 unspecified atom stereocenters. The Morgan fingerprint density at radius 1 is 0.929 bits per heavy atom. The molecular weight excluding hydrogens is 384 g/mol. The molecule has 9 heteroatoms. The minimum Gasteiger partial charge on any atom is -0.359 e. The van der Waals surface area contributed by atoms with Crippen LogP contribution in [-0.2, 0) is 19.6 Å². The van der Waals surface area contributed by atoms with Gasteiger partial charge in [-0.2, -0.15) is 0 Å². The van der Waals surface area contributed by atoms with Gasteiger partial charge in [-0.05, 0) is 12.1 Å². The first-order chi connectivity index (χ1) is 13.5. The van der Waals surface area contributed by atoms with Crippen molar-refractivity contribution in [1.82, 2.24) is 18.9 Å². The fourth-order valence-electron chi connectivity index (χ4n) is 2.69. The van der Waals surface area contributed by atoms with Gasteiger partial charge >= 0.3 is 17.1 Å². The largest absolute Gasteiger partial charge is 0.359 e. The highest BCUT2D eigenvalue weighted by atomic mass is 35.5. The third-order valence-electron chi connectivity index (χ3n) is 4.02. The maximum absolute atomic E-state index is 12.6. The number of nitrogens with zero attached hydrogens (tertiary/aromatic N) is 4. The summed E-state index contributed by atoms with van der Waals surface area (Å²) in [7, 11) is 0.